The molecule has 0 fully saturated rings. The van der Waals surface area contributed by atoms with E-state index in [1.165, 1.54) is 54.8 Å². The van der Waals surface area contributed by atoms with E-state index in [9.17, 15) is 0 Å². The number of fused-ring (bicyclic) bond motifs is 8. The standard InChI is InChI=1S/C52H34N2O/c1-3-13-35(14-4-1)36-23-27-39(28-24-36)53(41-30-31-44-43-18-9-12-22-50(43)55-51(44)34-41)40-29-25-38-26-32-49-52(46(38)33-40)45-19-8-11-21-48(45)54(49)47-20-10-7-17-42(47)37-15-5-2-6-16-37/h1-34H. The van der Waals surface area contributed by atoms with Gasteiger partial charge in [-0.2, -0.15) is 0 Å². The maximum Gasteiger partial charge on any atom is 0.137 e. The summed E-state index contributed by atoms with van der Waals surface area (Å²) in [6.45, 7) is 0. The van der Waals surface area contributed by atoms with E-state index in [0.717, 1.165) is 44.7 Å². The summed E-state index contributed by atoms with van der Waals surface area (Å²) in [7, 11) is 0. The van der Waals surface area contributed by atoms with Gasteiger partial charge in [0.05, 0.1) is 16.7 Å². The third-order valence-electron chi connectivity index (χ3n) is 11.0. The molecule has 9 aromatic carbocycles. The van der Waals surface area contributed by atoms with Crippen LogP contribution in [0.15, 0.2) is 211 Å². The molecule has 55 heavy (non-hydrogen) atoms. The average molecular weight is 703 g/mol. The van der Waals surface area contributed by atoms with Crippen LogP contribution >= 0.6 is 0 Å². The lowest BCUT2D eigenvalue weighted by Crippen LogP contribution is -2.09. The number of aromatic nitrogens is 1. The van der Waals surface area contributed by atoms with Crippen molar-refractivity contribution in [3.05, 3.63) is 206 Å². The van der Waals surface area contributed by atoms with Crippen LogP contribution in [0.5, 0.6) is 0 Å². The fraction of sp³-hybridized carbons (Fsp3) is 0. The minimum atomic E-state index is 0.868. The minimum absolute atomic E-state index is 0.868. The van der Waals surface area contributed by atoms with Crippen molar-refractivity contribution in [3.8, 4) is 27.9 Å². The Morgan fingerprint density at radius 1 is 0.364 bits per heavy atom. The van der Waals surface area contributed by atoms with E-state index < -0.39 is 0 Å². The molecule has 11 aromatic rings. The SMILES string of the molecule is c1ccc(-c2ccc(N(c3ccc4c(c3)oc3ccccc34)c3ccc4ccc5c(c4c3)c3ccccc3n5-c3ccccc3-c3ccccc3)cc2)cc1. The van der Waals surface area contributed by atoms with Gasteiger partial charge >= 0.3 is 0 Å². The second-order valence-corrected chi connectivity index (χ2v) is 14.1. The maximum absolute atomic E-state index is 6.42. The average Bonchev–Trinajstić information content (AvgIpc) is 3.80. The first kappa shape index (κ1) is 31.2. The van der Waals surface area contributed by atoms with E-state index in [-0.39, 0.29) is 0 Å². The molecule has 258 valence electrons. The monoisotopic (exact) mass is 702 g/mol. The summed E-state index contributed by atoms with van der Waals surface area (Å²) in [6.07, 6.45) is 0. The summed E-state index contributed by atoms with van der Waals surface area (Å²) < 4.78 is 8.86. The van der Waals surface area contributed by atoms with Gasteiger partial charge < -0.3 is 13.9 Å². The van der Waals surface area contributed by atoms with Gasteiger partial charge in [0, 0.05) is 50.2 Å². The second kappa shape index (κ2) is 12.6. The summed E-state index contributed by atoms with van der Waals surface area (Å²) in [5.74, 6) is 0. The van der Waals surface area contributed by atoms with E-state index in [1.807, 2.05) is 12.1 Å². The molecule has 2 aromatic heterocycles. The van der Waals surface area contributed by atoms with Crippen LogP contribution in [0, 0.1) is 0 Å². The number of furan rings is 1. The van der Waals surface area contributed by atoms with Crippen molar-refractivity contribution in [2.75, 3.05) is 4.90 Å². The molecule has 2 heterocycles. The zero-order valence-electron chi connectivity index (χ0n) is 29.9. The maximum atomic E-state index is 6.42. The highest BCUT2D eigenvalue weighted by Gasteiger charge is 2.20. The third-order valence-corrected chi connectivity index (χ3v) is 11.0. The number of hydrogen-bond acceptors (Lipinski definition) is 2. The lowest BCUT2D eigenvalue weighted by Gasteiger charge is -2.26. The molecule has 3 nitrogen and oxygen atoms in total. The first-order valence-corrected chi connectivity index (χ1v) is 18.8. The molecule has 11 rings (SSSR count). The lowest BCUT2D eigenvalue weighted by molar-refractivity contribution is 0.669. The molecule has 0 N–H and O–H groups in total. The Morgan fingerprint density at radius 2 is 0.964 bits per heavy atom. The predicted octanol–water partition coefficient (Wildman–Crippen LogP) is 14.6. The van der Waals surface area contributed by atoms with Gasteiger partial charge in [0.2, 0.25) is 0 Å². The fourth-order valence-corrected chi connectivity index (χ4v) is 8.44. The summed E-state index contributed by atoms with van der Waals surface area (Å²) >= 11 is 0. The molecule has 0 bridgehead atoms. The first-order chi connectivity index (χ1) is 27.3. The smallest absolute Gasteiger partial charge is 0.137 e. The van der Waals surface area contributed by atoms with Crippen molar-refractivity contribution < 1.29 is 4.42 Å². The van der Waals surface area contributed by atoms with Gasteiger partial charge in [-0.15, -0.1) is 0 Å². The first-order valence-electron chi connectivity index (χ1n) is 18.8. The fourth-order valence-electron chi connectivity index (χ4n) is 8.44. The van der Waals surface area contributed by atoms with Crippen molar-refractivity contribution in [2.24, 2.45) is 0 Å². The molecule has 0 unspecified atom stereocenters. The minimum Gasteiger partial charge on any atom is -0.456 e. The number of anilines is 3. The van der Waals surface area contributed by atoms with Gasteiger partial charge in [0.25, 0.3) is 0 Å². The van der Waals surface area contributed by atoms with E-state index in [0.29, 0.717) is 0 Å². The highest BCUT2D eigenvalue weighted by atomic mass is 16.3. The van der Waals surface area contributed by atoms with Crippen LogP contribution < -0.4 is 4.90 Å². The molecule has 0 atom stereocenters. The van der Waals surface area contributed by atoms with Crippen LogP contribution in [0.2, 0.25) is 0 Å². The highest BCUT2D eigenvalue weighted by Crippen LogP contribution is 2.43. The van der Waals surface area contributed by atoms with Crippen LogP contribution in [0.3, 0.4) is 0 Å². The van der Waals surface area contributed by atoms with Gasteiger partial charge in [0.1, 0.15) is 11.2 Å². The van der Waals surface area contributed by atoms with E-state index in [4.69, 9.17) is 4.42 Å². The Kier molecular flexibility index (Phi) is 7.17. The Hall–Kier alpha value is -7.36. The molecule has 0 spiro atoms. The van der Waals surface area contributed by atoms with Crippen LogP contribution in [-0.4, -0.2) is 4.57 Å². The van der Waals surface area contributed by atoms with Crippen molar-refractivity contribution in [2.45, 2.75) is 0 Å². The van der Waals surface area contributed by atoms with Gasteiger partial charge in [-0.25, -0.2) is 0 Å². The van der Waals surface area contributed by atoms with Gasteiger partial charge in [-0.1, -0.05) is 140 Å². The highest BCUT2D eigenvalue weighted by molar-refractivity contribution is 6.22. The zero-order chi connectivity index (χ0) is 36.3. The lowest BCUT2D eigenvalue weighted by atomic mass is 10.0. The Labute approximate surface area is 318 Å². The zero-order valence-corrected chi connectivity index (χ0v) is 29.9. The van der Waals surface area contributed by atoms with Crippen LogP contribution in [0.4, 0.5) is 17.1 Å². The van der Waals surface area contributed by atoms with Gasteiger partial charge in [-0.3, -0.25) is 0 Å². The molecule has 0 aliphatic rings. The normalized spacial score (nSPS) is 11.6. The number of rotatable bonds is 6. The van der Waals surface area contributed by atoms with E-state index in [2.05, 4.69) is 204 Å². The van der Waals surface area contributed by atoms with Gasteiger partial charge in [0.15, 0.2) is 0 Å². The molecule has 0 aliphatic heterocycles. The summed E-state index contributed by atoms with van der Waals surface area (Å²) in [5, 5.41) is 7.11. The van der Waals surface area contributed by atoms with Crippen LogP contribution in [0.1, 0.15) is 0 Å². The largest absolute Gasteiger partial charge is 0.456 e. The summed E-state index contributed by atoms with van der Waals surface area (Å²) in [5.41, 5.74) is 13.2. The topological polar surface area (TPSA) is 21.3 Å². The van der Waals surface area contributed by atoms with E-state index >= 15 is 0 Å². The molecule has 3 heteroatoms. The number of benzene rings is 9. The van der Waals surface area contributed by atoms with Crippen LogP contribution in [0.25, 0.3) is 82.5 Å². The van der Waals surface area contributed by atoms with Crippen molar-refractivity contribution >= 4 is 71.6 Å². The van der Waals surface area contributed by atoms with E-state index in [1.54, 1.807) is 0 Å². The van der Waals surface area contributed by atoms with Gasteiger partial charge in [-0.05, 0) is 88.1 Å². The Balaban J connectivity index is 1.14. The quantitative estimate of drug-likeness (QED) is 0.172. The molecule has 0 saturated carbocycles. The number of para-hydroxylation sites is 3. The molecule has 0 amide bonds. The Bertz CT molecular complexity index is 3190. The van der Waals surface area contributed by atoms with Crippen molar-refractivity contribution in [3.63, 3.8) is 0 Å². The summed E-state index contributed by atoms with van der Waals surface area (Å²) in [4.78, 5) is 2.35. The van der Waals surface area contributed by atoms with Crippen molar-refractivity contribution in [1.82, 2.24) is 4.57 Å². The number of hydrogen-bond donors (Lipinski definition) is 0. The molecular formula is C52H34N2O. The molecular weight excluding hydrogens is 669 g/mol. The second-order valence-electron chi connectivity index (χ2n) is 14.1. The Morgan fingerprint density at radius 3 is 1.80 bits per heavy atom. The predicted molar refractivity (Wildman–Crippen MR) is 231 cm³/mol. The van der Waals surface area contributed by atoms with Crippen molar-refractivity contribution in [1.29, 1.82) is 0 Å². The summed E-state index contributed by atoms with van der Waals surface area (Å²) in [6, 6.07) is 73.9. The van der Waals surface area contributed by atoms with Crippen LogP contribution in [-0.2, 0) is 0 Å². The number of nitrogens with zero attached hydrogens (tertiary/aromatic N) is 2. The molecule has 0 aliphatic carbocycles. The molecule has 0 radical (unpaired) electrons. The third kappa shape index (κ3) is 5.13. The molecule has 0 saturated heterocycles.